The Morgan fingerprint density at radius 1 is 1.04 bits per heavy atom. The van der Waals surface area contributed by atoms with Crippen molar-refractivity contribution in [2.45, 2.75) is 11.3 Å². The molecule has 0 aliphatic heterocycles. The number of benzene rings is 2. The third-order valence-electron chi connectivity index (χ3n) is 3.37. The van der Waals surface area contributed by atoms with Gasteiger partial charge in [-0.25, -0.2) is 22.5 Å². The molecular weight excluding hydrogens is 347 g/mol. The van der Waals surface area contributed by atoms with Crippen LogP contribution in [-0.4, -0.2) is 19.9 Å². The minimum Gasteiger partial charge on any atom is -0.241 e. The molecule has 0 aliphatic rings. The summed E-state index contributed by atoms with van der Waals surface area (Å²) < 4.78 is 39.6. The lowest BCUT2D eigenvalue weighted by Crippen LogP contribution is -2.26. The van der Waals surface area contributed by atoms with Crippen molar-refractivity contribution >= 4 is 21.4 Å². The Balaban J connectivity index is 1.60. The van der Waals surface area contributed by atoms with Crippen molar-refractivity contribution in [3.05, 3.63) is 71.5 Å². The number of thiazole rings is 1. The van der Waals surface area contributed by atoms with E-state index in [9.17, 15) is 12.8 Å². The van der Waals surface area contributed by atoms with Crippen LogP contribution in [0, 0.1) is 5.82 Å². The SMILES string of the molecule is O=S(=O)(NCCc1csc(-c2ccccc2)n1)c1ccc(F)cc1. The number of nitrogens with zero attached hydrogens (tertiary/aromatic N) is 1. The molecule has 1 aromatic heterocycles. The van der Waals surface area contributed by atoms with Crippen LogP contribution in [0.5, 0.6) is 0 Å². The molecule has 0 unspecified atom stereocenters. The second-order valence-electron chi connectivity index (χ2n) is 5.11. The number of hydrogen-bond donors (Lipinski definition) is 1. The predicted octanol–water partition coefficient (Wildman–Crippen LogP) is 3.47. The first-order valence-corrected chi connectivity index (χ1v) is 9.66. The van der Waals surface area contributed by atoms with E-state index in [-0.39, 0.29) is 11.4 Å². The van der Waals surface area contributed by atoms with Crippen molar-refractivity contribution in [3.63, 3.8) is 0 Å². The highest BCUT2D eigenvalue weighted by Gasteiger charge is 2.13. The van der Waals surface area contributed by atoms with E-state index in [0.717, 1.165) is 28.4 Å². The second-order valence-corrected chi connectivity index (χ2v) is 7.74. The zero-order valence-corrected chi connectivity index (χ0v) is 14.3. The third-order valence-corrected chi connectivity index (χ3v) is 5.79. The lowest BCUT2D eigenvalue weighted by atomic mass is 10.2. The zero-order valence-electron chi connectivity index (χ0n) is 12.6. The summed E-state index contributed by atoms with van der Waals surface area (Å²) in [5, 5.41) is 2.83. The summed E-state index contributed by atoms with van der Waals surface area (Å²) in [6, 6.07) is 14.6. The molecular formula is C17H15FN2O2S2. The molecule has 0 fully saturated rings. The number of aromatic nitrogens is 1. The van der Waals surface area contributed by atoms with Crippen LogP contribution in [0.3, 0.4) is 0 Å². The van der Waals surface area contributed by atoms with E-state index >= 15 is 0 Å². The van der Waals surface area contributed by atoms with E-state index in [1.54, 1.807) is 0 Å². The highest BCUT2D eigenvalue weighted by atomic mass is 32.2. The lowest BCUT2D eigenvalue weighted by Gasteiger charge is -2.05. The molecule has 0 saturated carbocycles. The van der Waals surface area contributed by atoms with Gasteiger partial charge in [0.25, 0.3) is 0 Å². The molecule has 3 rings (SSSR count). The van der Waals surface area contributed by atoms with Crippen molar-refractivity contribution < 1.29 is 12.8 Å². The van der Waals surface area contributed by atoms with Gasteiger partial charge in [-0.2, -0.15) is 0 Å². The largest absolute Gasteiger partial charge is 0.241 e. The highest BCUT2D eigenvalue weighted by Crippen LogP contribution is 2.23. The van der Waals surface area contributed by atoms with Crippen molar-refractivity contribution in [1.29, 1.82) is 0 Å². The Kier molecular flexibility index (Phi) is 5.03. The van der Waals surface area contributed by atoms with Gasteiger partial charge >= 0.3 is 0 Å². The Morgan fingerprint density at radius 2 is 1.75 bits per heavy atom. The molecule has 0 atom stereocenters. The van der Waals surface area contributed by atoms with Gasteiger partial charge in [-0.05, 0) is 24.3 Å². The summed E-state index contributed by atoms with van der Waals surface area (Å²) >= 11 is 1.53. The van der Waals surface area contributed by atoms with Crippen LogP contribution in [0.25, 0.3) is 10.6 Å². The van der Waals surface area contributed by atoms with E-state index in [0.29, 0.717) is 6.42 Å². The standard InChI is InChI=1S/C17H15FN2O2S2/c18-14-6-8-16(9-7-14)24(21,22)19-11-10-15-12-23-17(20-15)13-4-2-1-3-5-13/h1-9,12,19H,10-11H2. The second kappa shape index (κ2) is 7.21. The Labute approximate surface area is 144 Å². The maximum absolute atomic E-state index is 12.9. The summed E-state index contributed by atoms with van der Waals surface area (Å²) in [5.74, 6) is -0.468. The Morgan fingerprint density at radius 3 is 2.46 bits per heavy atom. The molecule has 1 heterocycles. The molecule has 0 bridgehead atoms. The molecule has 0 aliphatic carbocycles. The summed E-state index contributed by atoms with van der Waals surface area (Å²) in [6.07, 6.45) is 0.490. The minimum absolute atomic E-state index is 0.0483. The van der Waals surface area contributed by atoms with Gasteiger partial charge < -0.3 is 0 Å². The molecule has 7 heteroatoms. The Hall–Kier alpha value is -2.09. The van der Waals surface area contributed by atoms with Crippen LogP contribution < -0.4 is 4.72 Å². The molecule has 24 heavy (non-hydrogen) atoms. The third kappa shape index (κ3) is 4.05. The van der Waals surface area contributed by atoms with E-state index in [4.69, 9.17) is 0 Å². The summed E-state index contributed by atoms with van der Waals surface area (Å²) in [6.45, 7) is 0.234. The van der Waals surface area contributed by atoms with Gasteiger partial charge in [0, 0.05) is 23.9 Å². The Bertz CT molecular complexity index is 907. The number of hydrogen-bond acceptors (Lipinski definition) is 4. The van der Waals surface area contributed by atoms with Crippen molar-refractivity contribution in [3.8, 4) is 10.6 Å². The van der Waals surface area contributed by atoms with Gasteiger partial charge in [0.05, 0.1) is 10.6 Å². The summed E-state index contributed by atoms with van der Waals surface area (Å²) in [4.78, 5) is 4.57. The maximum Gasteiger partial charge on any atom is 0.240 e. The number of halogens is 1. The van der Waals surface area contributed by atoms with Crippen LogP contribution in [0.1, 0.15) is 5.69 Å². The number of sulfonamides is 1. The van der Waals surface area contributed by atoms with Crippen LogP contribution in [0.15, 0.2) is 64.9 Å². The van der Waals surface area contributed by atoms with Gasteiger partial charge in [0.15, 0.2) is 0 Å². The van der Waals surface area contributed by atoms with Crippen molar-refractivity contribution in [2.75, 3.05) is 6.54 Å². The van der Waals surface area contributed by atoms with E-state index < -0.39 is 15.8 Å². The van der Waals surface area contributed by atoms with E-state index in [1.807, 2.05) is 35.7 Å². The van der Waals surface area contributed by atoms with Gasteiger partial charge in [-0.15, -0.1) is 11.3 Å². The first-order valence-electron chi connectivity index (χ1n) is 7.30. The van der Waals surface area contributed by atoms with E-state index in [2.05, 4.69) is 9.71 Å². The molecule has 0 spiro atoms. The van der Waals surface area contributed by atoms with Gasteiger partial charge in [0.2, 0.25) is 10.0 Å². The van der Waals surface area contributed by atoms with Gasteiger partial charge in [0.1, 0.15) is 10.8 Å². The molecule has 0 radical (unpaired) electrons. The van der Waals surface area contributed by atoms with Gasteiger partial charge in [-0.1, -0.05) is 30.3 Å². The molecule has 4 nitrogen and oxygen atoms in total. The van der Waals surface area contributed by atoms with Crippen LogP contribution in [0.4, 0.5) is 4.39 Å². The fourth-order valence-electron chi connectivity index (χ4n) is 2.15. The highest BCUT2D eigenvalue weighted by molar-refractivity contribution is 7.89. The van der Waals surface area contributed by atoms with Crippen LogP contribution >= 0.6 is 11.3 Å². The smallest absolute Gasteiger partial charge is 0.240 e. The average Bonchev–Trinajstić information content (AvgIpc) is 3.05. The summed E-state index contributed by atoms with van der Waals surface area (Å²) in [7, 11) is -3.63. The molecule has 3 aromatic rings. The molecule has 124 valence electrons. The van der Waals surface area contributed by atoms with Crippen LogP contribution in [-0.2, 0) is 16.4 Å². The quantitative estimate of drug-likeness (QED) is 0.730. The van der Waals surface area contributed by atoms with Gasteiger partial charge in [-0.3, -0.25) is 0 Å². The van der Waals surface area contributed by atoms with Crippen LogP contribution in [0.2, 0.25) is 0 Å². The molecule has 0 amide bonds. The normalized spacial score (nSPS) is 11.5. The van der Waals surface area contributed by atoms with Crippen molar-refractivity contribution in [2.24, 2.45) is 0 Å². The predicted molar refractivity (Wildman–Crippen MR) is 92.8 cm³/mol. The number of nitrogens with one attached hydrogen (secondary N) is 1. The molecule has 2 aromatic carbocycles. The average molecular weight is 362 g/mol. The molecule has 1 N–H and O–H groups in total. The lowest BCUT2D eigenvalue weighted by molar-refractivity contribution is 0.580. The molecule has 0 saturated heterocycles. The number of rotatable bonds is 6. The van der Waals surface area contributed by atoms with Crippen molar-refractivity contribution in [1.82, 2.24) is 9.71 Å². The fourth-order valence-corrected chi connectivity index (χ4v) is 4.04. The monoisotopic (exact) mass is 362 g/mol. The zero-order chi connectivity index (χ0) is 17.0. The first kappa shape index (κ1) is 16.8. The first-order chi connectivity index (χ1) is 11.5. The fraction of sp³-hybridized carbons (Fsp3) is 0.118. The minimum atomic E-state index is -3.63. The topological polar surface area (TPSA) is 59.1 Å². The maximum atomic E-state index is 12.9. The summed E-state index contributed by atoms with van der Waals surface area (Å²) in [5.41, 5.74) is 1.88. The van der Waals surface area contributed by atoms with E-state index in [1.165, 1.54) is 23.5 Å².